The average Bonchev–Trinajstić information content (AvgIpc) is 3.05. The summed E-state index contributed by atoms with van der Waals surface area (Å²) in [6, 6.07) is 12.1. The highest BCUT2D eigenvalue weighted by Gasteiger charge is 2.28. The van der Waals surface area contributed by atoms with Crippen molar-refractivity contribution in [3.8, 4) is 0 Å². The molecule has 1 aliphatic rings. The minimum atomic E-state index is -3.53. The van der Waals surface area contributed by atoms with Crippen molar-refractivity contribution in [2.75, 3.05) is 13.1 Å². The highest BCUT2D eigenvalue weighted by atomic mass is 32.2. The van der Waals surface area contributed by atoms with Gasteiger partial charge >= 0.3 is 0 Å². The fourth-order valence-electron chi connectivity index (χ4n) is 3.80. The van der Waals surface area contributed by atoms with Gasteiger partial charge in [-0.2, -0.15) is 9.30 Å². The van der Waals surface area contributed by atoms with Gasteiger partial charge in [0.05, 0.1) is 15.1 Å². The maximum absolute atomic E-state index is 12.9. The SMILES string of the molecule is Cc1cccc2sc(=NC(=O)c3ccc(S(=O)(=O)N4CCC(C)CC4)cc3)n(C)c12. The Bertz CT molecular complexity index is 1260. The Morgan fingerprint density at radius 2 is 1.77 bits per heavy atom. The molecule has 1 fully saturated rings. The number of rotatable bonds is 3. The number of sulfonamides is 1. The van der Waals surface area contributed by atoms with E-state index in [1.54, 1.807) is 12.1 Å². The van der Waals surface area contributed by atoms with E-state index in [0.29, 0.717) is 29.4 Å². The molecule has 8 heteroatoms. The number of carbonyl (C=O) groups excluding carboxylic acids is 1. The maximum Gasteiger partial charge on any atom is 0.279 e. The number of aryl methyl sites for hydroxylation is 2. The van der Waals surface area contributed by atoms with Gasteiger partial charge in [-0.25, -0.2) is 8.42 Å². The molecule has 1 amide bonds. The third-order valence-corrected chi connectivity index (χ3v) is 8.71. The Labute approximate surface area is 180 Å². The zero-order valence-electron chi connectivity index (χ0n) is 17.3. The van der Waals surface area contributed by atoms with E-state index in [0.717, 1.165) is 28.6 Å². The van der Waals surface area contributed by atoms with Crippen LogP contribution in [0, 0.1) is 12.8 Å². The van der Waals surface area contributed by atoms with E-state index in [4.69, 9.17) is 0 Å². The molecule has 4 rings (SSSR count). The van der Waals surface area contributed by atoms with Gasteiger partial charge in [0, 0.05) is 25.7 Å². The number of thiazole rings is 1. The summed E-state index contributed by atoms with van der Waals surface area (Å²) in [5.41, 5.74) is 2.56. The van der Waals surface area contributed by atoms with Crippen LogP contribution in [-0.2, 0) is 17.1 Å². The number of fused-ring (bicyclic) bond motifs is 1. The topological polar surface area (TPSA) is 71.7 Å². The first-order valence-electron chi connectivity index (χ1n) is 10.0. The van der Waals surface area contributed by atoms with Gasteiger partial charge in [0.2, 0.25) is 10.0 Å². The van der Waals surface area contributed by atoms with Crippen molar-refractivity contribution in [3.05, 3.63) is 58.4 Å². The Balaban J connectivity index is 1.60. The number of piperidine rings is 1. The van der Waals surface area contributed by atoms with Gasteiger partial charge in [0.25, 0.3) is 5.91 Å². The van der Waals surface area contributed by atoms with Crippen molar-refractivity contribution in [1.82, 2.24) is 8.87 Å². The lowest BCUT2D eigenvalue weighted by atomic mass is 10.0. The summed E-state index contributed by atoms with van der Waals surface area (Å²) in [4.78, 5) is 17.8. The standard InChI is InChI=1S/C22H25N3O3S2/c1-15-11-13-25(14-12-15)30(27,28)18-9-7-17(8-10-18)21(26)23-22-24(3)20-16(2)5-4-6-19(20)29-22/h4-10,15H,11-14H2,1-3H3. The van der Waals surface area contributed by atoms with Gasteiger partial charge in [-0.05, 0) is 61.6 Å². The van der Waals surface area contributed by atoms with Crippen molar-refractivity contribution >= 4 is 37.5 Å². The van der Waals surface area contributed by atoms with Crippen LogP contribution in [-0.4, -0.2) is 36.3 Å². The number of hydrogen-bond donors (Lipinski definition) is 0. The van der Waals surface area contributed by atoms with E-state index in [2.05, 4.69) is 11.9 Å². The molecule has 0 aliphatic carbocycles. The number of aromatic nitrogens is 1. The summed E-state index contributed by atoms with van der Waals surface area (Å²) in [5.74, 6) is 0.169. The number of amides is 1. The van der Waals surface area contributed by atoms with E-state index in [1.165, 1.54) is 27.8 Å². The number of benzene rings is 2. The monoisotopic (exact) mass is 443 g/mol. The second kappa shape index (κ2) is 8.09. The van der Waals surface area contributed by atoms with Crippen LogP contribution in [0.25, 0.3) is 10.2 Å². The van der Waals surface area contributed by atoms with Crippen LogP contribution in [0.15, 0.2) is 52.4 Å². The molecule has 2 aromatic carbocycles. The van der Waals surface area contributed by atoms with Crippen molar-refractivity contribution in [1.29, 1.82) is 0 Å². The molecule has 2 heterocycles. The number of para-hydroxylation sites is 1. The fourth-order valence-corrected chi connectivity index (χ4v) is 6.36. The highest BCUT2D eigenvalue weighted by molar-refractivity contribution is 7.89. The van der Waals surface area contributed by atoms with E-state index >= 15 is 0 Å². The highest BCUT2D eigenvalue weighted by Crippen LogP contribution is 2.24. The lowest BCUT2D eigenvalue weighted by Crippen LogP contribution is -2.37. The van der Waals surface area contributed by atoms with Crippen LogP contribution in [0.2, 0.25) is 0 Å². The zero-order chi connectivity index (χ0) is 21.5. The second-order valence-electron chi connectivity index (χ2n) is 7.89. The first kappa shape index (κ1) is 21.0. The molecule has 0 saturated carbocycles. The molecule has 0 bridgehead atoms. The Morgan fingerprint density at radius 1 is 1.10 bits per heavy atom. The lowest BCUT2D eigenvalue weighted by molar-refractivity contribution is 0.0998. The van der Waals surface area contributed by atoms with Crippen LogP contribution < -0.4 is 4.80 Å². The summed E-state index contributed by atoms with van der Waals surface area (Å²) in [6.45, 7) is 5.26. The number of carbonyl (C=O) groups is 1. The first-order valence-corrected chi connectivity index (χ1v) is 12.3. The van der Waals surface area contributed by atoms with Gasteiger partial charge in [0.1, 0.15) is 0 Å². The summed E-state index contributed by atoms with van der Waals surface area (Å²) in [5, 5.41) is 0. The smallest absolute Gasteiger partial charge is 0.279 e. The molecule has 3 aromatic rings. The molecule has 1 aromatic heterocycles. The minimum Gasteiger partial charge on any atom is -0.319 e. The second-order valence-corrected chi connectivity index (χ2v) is 10.8. The average molecular weight is 444 g/mol. The predicted octanol–water partition coefficient (Wildman–Crippen LogP) is 3.71. The third-order valence-electron chi connectivity index (χ3n) is 5.70. The molecule has 6 nitrogen and oxygen atoms in total. The summed E-state index contributed by atoms with van der Waals surface area (Å²) < 4.78 is 30.2. The van der Waals surface area contributed by atoms with Gasteiger partial charge in [0.15, 0.2) is 4.80 Å². The van der Waals surface area contributed by atoms with Crippen LogP contribution in [0.3, 0.4) is 0 Å². The van der Waals surface area contributed by atoms with Crippen molar-refractivity contribution in [2.24, 2.45) is 18.0 Å². The summed E-state index contributed by atoms with van der Waals surface area (Å²) >= 11 is 1.46. The van der Waals surface area contributed by atoms with Gasteiger partial charge in [-0.3, -0.25) is 4.79 Å². The molecule has 0 radical (unpaired) electrons. The molecule has 0 spiro atoms. The molecular weight excluding hydrogens is 418 g/mol. The Kier molecular flexibility index (Phi) is 5.65. The first-order chi connectivity index (χ1) is 14.3. The van der Waals surface area contributed by atoms with Gasteiger partial charge in [-0.1, -0.05) is 30.4 Å². The predicted molar refractivity (Wildman–Crippen MR) is 119 cm³/mol. The van der Waals surface area contributed by atoms with Crippen LogP contribution in [0.5, 0.6) is 0 Å². The molecule has 0 atom stereocenters. The summed E-state index contributed by atoms with van der Waals surface area (Å²) in [7, 11) is -1.63. The number of nitrogens with zero attached hydrogens (tertiary/aromatic N) is 3. The normalized spacial score (nSPS) is 17.0. The van der Waals surface area contributed by atoms with Crippen molar-refractivity contribution in [3.63, 3.8) is 0 Å². The molecule has 158 valence electrons. The largest absolute Gasteiger partial charge is 0.319 e. The lowest BCUT2D eigenvalue weighted by Gasteiger charge is -2.29. The molecular formula is C22H25N3O3S2. The summed E-state index contributed by atoms with van der Waals surface area (Å²) in [6.07, 6.45) is 1.75. The third kappa shape index (κ3) is 3.87. The quantitative estimate of drug-likeness (QED) is 0.620. The molecule has 0 N–H and O–H groups in total. The van der Waals surface area contributed by atoms with Gasteiger partial charge in [-0.15, -0.1) is 0 Å². The fraction of sp³-hybridized carbons (Fsp3) is 0.364. The Morgan fingerprint density at radius 3 is 2.40 bits per heavy atom. The molecule has 1 aliphatic heterocycles. The Hall–Kier alpha value is -2.29. The van der Waals surface area contributed by atoms with E-state index < -0.39 is 10.0 Å². The zero-order valence-corrected chi connectivity index (χ0v) is 19.0. The van der Waals surface area contributed by atoms with Gasteiger partial charge < -0.3 is 4.57 Å². The van der Waals surface area contributed by atoms with Crippen LogP contribution in [0.4, 0.5) is 0 Å². The maximum atomic E-state index is 12.9. The van der Waals surface area contributed by atoms with E-state index in [1.807, 2.05) is 36.7 Å². The minimum absolute atomic E-state index is 0.219. The molecule has 30 heavy (non-hydrogen) atoms. The number of hydrogen-bond acceptors (Lipinski definition) is 4. The molecule has 0 unspecified atom stereocenters. The van der Waals surface area contributed by atoms with E-state index in [-0.39, 0.29) is 10.8 Å². The molecule has 1 saturated heterocycles. The van der Waals surface area contributed by atoms with Crippen molar-refractivity contribution in [2.45, 2.75) is 31.6 Å². The van der Waals surface area contributed by atoms with E-state index in [9.17, 15) is 13.2 Å². The van der Waals surface area contributed by atoms with Crippen LogP contribution >= 0.6 is 11.3 Å². The van der Waals surface area contributed by atoms with Crippen molar-refractivity contribution < 1.29 is 13.2 Å². The van der Waals surface area contributed by atoms with Crippen LogP contribution in [0.1, 0.15) is 35.7 Å².